The molecule has 2 aromatic carbocycles. The molecule has 104 valence electrons. The smallest absolute Gasteiger partial charge is 0.190 e. The Labute approximate surface area is 135 Å². The van der Waals surface area contributed by atoms with Crippen molar-refractivity contribution in [3.8, 4) is 0 Å². The number of halogens is 3. The summed E-state index contributed by atoms with van der Waals surface area (Å²) in [4.78, 5) is 12.0. The van der Waals surface area contributed by atoms with Gasteiger partial charge in [-0.2, -0.15) is 0 Å². The van der Waals surface area contributed by atoms with Crippen LogP contribution in [0.25, 0.3) is 0 Å². The number of carbonyl (C=O) groups is 1. The van der Waals surface area contributed by atoms with Crippen LogP contribution in [0.5, 0.6) is 0 Å². The van der Waals surface area contributed by atoms with E-state index in [1.54, 1.807) is 18.2 Å². The molecule has 0 aliphatic rings. The third-order valence-corrected chi connectivity index (χ3v) is 4.02. The van der Waals surface area contributed by atoms with E-state index in [9.17, 15) is 4.79 Å². The molecule has 0 radical (unpaired) electrons. The molecule has 0 saturated heterocycles. The first-order valence-corrected chi connectivity index (χ1v) is 7.42. The lowest BCUT2D eigenvalue weighted by atomic mass is 10.1. The molecule has 0 atom stereocenters. The zero-order valence-electron chi connectivity index (χ0n) is 10.4. The van der Waals surface area contributed by atoms with Gasteiger partial charge in [0.15, 0.2) is 5.78 Å². The molecule has 0 saturated carbocycles. The largest absolute Gasteiger partial charge is 0.369 e. The molecular formula is C15H11BrCl2O2. The van der Waals surface area contributed by atoms with E-state index in [4.69, 9.17) is 27.9 Å². The molecule has 0 fully saturated rings. The highest BCUT2D eigenvalue weighted by atomic mass is 79.9. The number of hydrogen-bond acceptors (Lipinski definition) is 2. The molecule has 0 aliphatic carbocycles. The van der Waals surface area contributed by atoms with Crippen molar-refractivity contribution in [1.29, 1.82) is 0 Å². The minimum Gasteiger partial charge on any atom is -0.369 e. The fraction of sp³-hybridized carbons (Fsp3) is 0.133. The van der Waals surface area contributed by atoms with E-state index in [0.29, 0.717) is 22.2 Å². The average Bonchev–Trinajstić information content (AvgIpc) is 2.43. The fourth-order valence-electron chi connectivity index (χ4n) is 1.66. The minimum atomic E-state index is -0.190. The summed E-state index contributed by atoms with van der Waals surface area (Å²) in [6, 6.07) is 12.5. The van der Waals surface area contributed by atoms with Crippen LogP contribution in [0.4, 0.5) is 0 Å². The first-order valence-electron chi connectivity index (χ1n) is 5.87. The molecule has 0 bridgehead atoms. The highest BCUT2D eigenvalue weighted by Crippen LogP contribution is 2.21. The minimum absolute atomic E-state index is 0.0403. The van der Waals surface area contributed by atoms with Crippen molar-refractivity contribution in [3.63, 3.8) is 0 Å². The molecule has 0 unspecified atom stereocenters. The molecule has 5 heteroatoms. The van der Waals surface area contributed by atoms with Gasteiger partial charge in [-0.1, -0.05) is 57.3 Å². The summed E-state index contributed by atoms with van der Waals surface area (Å²) in [6.07, 6.45) is 0. The Morgan fingerprint density at radius 1 is 1.15 bits per heavy atom. The van der Waals surface area contributed by atoms with Crippen LogP contribution < -0.4 is 0 Å². The molecule has 0 aliphatic heterocycles. The molecule has 2 nitrogen and oxygen atoms in total. The van der Waals surface area contributed by atoms with Crippen molar-refractivity contribution >= 4 is 44.9 Å². The van der Waals surface area contributed by atoms with E-state index in [-0.39, 0.29) is 12.4 Å². The summed E-state index contributed by atoms with van der Waals surface area (Å²) >= 11 is 15.2. The van der Waals surface area contributed by atoms with Crippen LogP contribution in [0, 0.1) is 0 Å². The van der Waals surface area contributed by atoms with Gasteiger partial charge in [-0.15, -0.1) is 0 Å². The highest BCUT2D eigenvalue weighted by molar-refractivity contribution is 9.10. The Hall–Kier alpha value is -0.870. The molecule has 0 amide bonds. The Morgan fingerprint density at radius 3 is 2.65 bits per heavy atom. The highest BCUT2D eigenvalue weighted by Gasteiger charge is 2.11. The molecule has 0 spiro atoms. The van der Waals surface area contributed by atoms with Crippen LogP contribution in [0.3, 0.4) is 0 Å². The maximum absolute atomic E-state index is 12.0. The number of benzene rings is 2. The maximum atomic E-state index is 12.0. The van der Waals surface area contributed by atoms with Crippen molar-refractivity contribution in [2.75, 3.05) is 6.61 Å². The first-order chi connectivity index (χ1) is 9.58. The zero-order valence-corrected chi connectivity index (χ0v) is 13.5. The van der Waals surface area contributed by atoms with Gasteiger partial charge in [0.05, 0.1) is 11.6 Å². The second kappa shape index (κ2) is 7.23. The van der Waals surface area contributed by atoms with Crippen LogP contribution in [-0.4, -0.2) is 12.4 Å². The average molecular weight is 374 g/mol. The molecule has 0 N–H and O–H groups in total. The Kier molecular flexibility index (Phi) is 5.61. The van der Waals surface area contributed by atoms with Gasteiger partial charge in [-0.05, 0) is 29.8 Å². The molecule has 20 heavy (non-hydrogen) atoms. The number of carbonyl (C=O) groups excluding carboxylic acids is 1. The standard InChI is InChI=1S/C15H11BrCl2O2/c16-13-4-2-1-3-10(13)8-20-9-15(19)12-7-11(17)5-6-14(12)18/h1-7H,8-9H2. The van der Waals surface area contributed by atoms with Crippen LogP contribution >= 0.6 is 39.1 Å². The van der Waals surface area contributed by atoms with E-state index >= 15 is 0 Å². The number of hydrogen-bond donors (Lipinski definition) is 0. The SMILES string of the molecule is O=C(COCc1ccccc1Br)c1cc(Cl)ccc1Cl. The van der Waals surface area contributed by atoms with Gasteiger partial charge in [-0.3, -0.25) is 4.79 Å². The van der Waals surface area contributed by atoms with E-state index in [2.05, 4.69) is 15.9 Å². The number of Topliss-reactive ketones (excluding diaryl/α,β-unsaturated/α-hetero) is 1. The van der Waals surface area contributed by atoms with E-state index in [1.165, 1.54) is 0 Å². The van der Waals surface area contributed by atoms with Crippen molar-refractivity contribution in [2.24, 2.45) is 0 Å². The van der Waals surface area contributed by atoms with Gasteiger partial charge in [-0.25, -0.2) is 0 Å². The van der Waals surface area contributed by atoms with E-state index < -0.39 is 0 Å². The summed E-state index contributed by atoms with van der Waals surface area (Å²) in [5.74, 6) is -0.190. The van der Waals surface area contributed by atoms with Crippen LogP contribution in [-0.2, 0) is 11.3 Å². The first kappa shape index (κ1) is 15.5. The topological polar surface area (TPSA) is 26.3 Å². The molecule has 2 aromatic rings. The normalized spacial score (nSPS) is 10.6. The Morgan fingerprint density at radius 2 is 1.90 bits per heavy atom. The van der Waals surface area contributed by atoms with Crippen LogP contribution in [0.1, 0.15) is 15.9 Å². The van der Waals surface area contributed by atoms with Crippen molar-refractivity contribution in [3.05, 3.63) is 68.1 Å². The van der Waals surface area contributed by atoms with Gasteiger partial charge in [0.25, 0.3) is 0 Å². The zero-order chi connectivity index (χ0) is 14.5. The predicted octanol–water partition coefficient (Wildman–Crippen LogP) is 5.16. The molecule has 0 aromatic heterocycles. The lowest BCUT2D eigenvalue weighted by Gasteiger charge is -2.07. The van der Waals surface area contributed by atoms with Crippen molar-refractivity contribution in [1.82, 2.24) is 0 Å². The lowest BCUT2D eigenvalue weighted by molar-refractivity contribution is 0.0726. The second-order valence-electron chi connectivity index (χ2n) is 4.13. The Balaban J connectivity index is 1.96. The van der Waals surface area contributed by atoms with E-state index in [1.807, 2.05) is 24.3 Å². The van der Waals surface area contributed by atoms with Crippen LogP contribution in [0.15, 0.2) is 46.9 Å². The third kappa shape index (κ3) is 4.06. The third-order valence-electron chi connectivity index (χ3n) is 2.68. The van der Waals surface area contributed by atoms with Gasteiger partial charge in [0.2, 0.25) is 0 Å². The fourth-order valence-corrected chi connectivity index (χ4v) is 2.45. The van der Waals surface area contributed by atoms with Gasteiger partial charge in [0, 0.05) is 15.1 Å². The summed E-state index contributed by atoms with van der Waals surface area (Å²) in [5.41, 5.74) is 1.36. The Bertz CT molecular complexity index is 629. The summed E-state index contributed by atoms with van der Waals surface area (Å²) in [5, 5.41) is 0.854. The summed E-state index contributed by atoms with van der Waals surface area (Å²) < 4.78 is 6.38. The number of ether oxygens (including phenoxy) is 1. The lowest BCUT2D eigenvalue weighted by Crippen LogP contribution is -2.10. The molecular weight excluding hydrogens is 363 g/mol. The van der Waals surface area contributed by atoms with Crippen molar-refractivity contribution < 1.29 is 9.53 Å². The van der Waals surface area contributed by atoms with Gasteiger partial charge >= 0.3 is 0 Å². The van der Waals surface area contributed by atoms with Crippen LogP contribution in [0.2, 0.25) is 10.0 Å². The summed E-state index contributed by atoms with van der Waals surface area (Å²) in [7, 11) is 0. The van der Waals surface area contributed by atoms with Gasteiger partial charge in [0.1, 0.15) is 6.61 Å². The van der Waals surface area contributed by atoms with Crippen molar-refractivity contribution in [2.45, 2.75) is 6.61 Å². The quantitative estimate of drug-likeness (QED) is 0.677. The maximum Gasteiger partial charge on any atom is 0.190 e. The van der Waals surface area contributed by atoms with Gasteiger partial charge < -0.3 is 4.74 Å². The molecule has 0 heterocycles. The predicted molar refractivity (Wildman–Crippen MR) is 84.6 cm³/mol. The number of rotatable bonds is 5. The van der Waals surface area contributed by atoms with E-state index in [0.717, 1.165) is 10.0 Å². The number of ketones is 1. The monoisotopic (exact) mass is 372 g/mol. The second-order valence-corrected chi connectivity index (χ2v) is 5.83. The summed E-state index contributed by atoms with van der Waals surface area (Å²) in [6.45, 7) is 0.312. The molecule has 2 rings (SSSR count).